The van der Waals surface area contributed by atoms with Gasteiger partial charge in [0.05, 0.1) is 11.5 Å². The van der Waals surface area contributed by atoms with Gasteiger partial charge in [-0.05, 0) is 13.3 Å². The average molecular weight is 121 g/mol. The van der Waals surface area contributed by atoms with E-state index in [2.05, 4.69) is 0 Å². The molecular formula is C5H9ClO. The molecule has 0 amide bonds. The molecule has 0 saturated carbocycles. The number of ether oxygens (including phenoxy) is 1. The third-order valence-corrected chi connectivity index (χ3v) is 1.86. The first-order valence-corrected chi connectivity index (χ1v) is 3.00. The molecule has 0 aliphatic carbocycles. The Labute approximate surface area is 48.6 Å². The molecule has 1 saturated heterocycles. The van der Waals surface area contributed by atoms with Crippen LogP contribution in [0.5, 0.6) is 0 Å². The predicted molar refractivity (Wildman–Crippen MR) is 29.7 cm³/mol. The molecule has 0 aromatic carbocycles. The zero-order chi connectivity index (χ0) is 5.28. The summed E-state index contributed by atoms with van der Waals surface area (Å²) in [5, 5.41) is 0.264. The van der Waals surface area contributed by atoms with Crippen LogP contribution < -0.4 is 0 Å². The van der Waals surface area contributed by atoms with E-state index in [1.165, 1.54) is 0 Å². The molecule has 1 fully saturated rings. The lowest BCUT2D eigenvalue weighted by Gasteiger charge is -2.02. The average Bonchev–Trinajstić information content (AvgIpc) is 1.91. The highest BCUT2D eigenvalue weighted by Gasteiger charge is 2.20. The molecule has 1 aliphatic heterocycles. The third kappa shape index (κ3) is 1.07. The molecule has 1 rings (SSSR count). The predicted octanol–water partition coefficient (Wildman–Crippen LogP) is 1.40. The Kier molecular flexibility index (Phi) is 1.55. The molecule has 2 heteroatoms. The highest BCUT2D eigenvalue weighted by Crippen LogP contribution is 2.17. The zero-order valence-corrected chi connectivity index (χ0v) is 5.11. The van der Waals surface area contributed by atoms with Gasteiger partial charge in [0.2, 0.25) is 0 Å². The highest BCUT2D eigenvalue weighted by molar-refractivity contribution is 6.21. The Morgan fingerprint density at radius 2 is 2.43 bits per heavy atom. The van der Waals surface area contributed by atoms with Gasteiger partial charge in [0.1, 0.15) is 0 Å². The van der Waals surface area contributed by atoms with Crippen LogP contribution in [0.4, 0.5) is 0 Å². The lowest BCUT2D eigenvalue weighted by molar-refractivity contribution is 0.126. The van der Waals surface area contributed by atoms with Crippen LogP contribution in [0.15, 0.2) is 0 Å². The third-order valence-electron chi connectivity index (χ3n) is 1.28. The van der Waals surface area contributed by atoms with Gasteiger partial charge in [-0.3, -0.25) is 0 Å². The van der Waals surface area contributed by atoms with Gasteiger partial charge in [-0.15, -0.1) is 11.6 Å². The van der Waals surface area contributed by atoms with Crippen molar-refractivity contribution in [1.29, 1.82) is 0 Å². The fourth-order valence-corrected chi connectivity index (χ4v) is 0.867. The van der Waals surface area contributed by atoms with Crippen molar-refractivity contribution in [3.8, 4) is 0 Å². The van der Waals surface area contributed by atoms with Crippen molar-refractivity contribution in [2.75, 3.05) is 6.61 Å². The van der Waals surface area contributed by atoms with Gasteiger partial charge < -0.3 is 4.74 Å². The maximum absolute atomic E-state index is 5.74. The molecule has 0 bridgehead atoms. The van der Waals surface area contributed by atoms with Gasteiger partial charge in [0, 0.05) is 6.61 Å². The lowest BCUT2D eigenvalue weighted by atomic mass is 10.3. The monoisotopic (exact) mass is 120 g/mol. The zero-order valence-electron chi connectivity index (χ0n) is 4.36. The summed E-state index contributed by atoms with van der Waals surface area (Å²) in [7, 11) is 0. The van der Waals surface area contributed by atoms with E-state index in [0.29, 0.717) is 0 Å². The van der Waals surface area contributed by atoms with E-state index in [9.17, 15) is 0 Å². The highest BCUT2D eigenvalue weighted by atomic mass is 35.5. The SMILES string of the molecule is C[C@H]1OCC[C@H]1Cl. The van der Waals surface area contributed by atoms with E-state index < -0.39 is 0 Å². The number of hydrogen-bond donors (Lipinski definition) is 0. The topological polar surface area (TPSA) is 9.23 Å². The molecule has 1 nitrogen and oxygen atoms in total. The number of hydrogen-bond acceptors (Lipinski definition) is 1. The van der Waals surface area contributed by atoms with Crippen molar-refractivity contribution in [2.45, 2.75) is 24.8 Å². The first-order chi connectivity index (χ1) is 3.30. The quantitative estimate of drug-likeness (QED) is 0.439. The van der Waals surface area contributed by atoms with Crippen LogP contribution in [-0.2, 0) is 4.74 Å². The summed E-state index contributed by atoms with van der Waals surface area (Å²) < 4.78 is 5.13. The molecule has 7 heavy (non-hydrogen) atoms. The number of rotatable bonds is 0. The Morgan fingerprint density at radius 1 is 1.71 bits per heavy atom. The minimum Gasteiger partial charge on any atom is -0.377 e. The minimum atomic E-state index is 0.264. The van der Waals surface area contributed by atoms with E-state index in [1.807, 2.05) is 6.92 Å². The summed E-state index contributed by atoms with van der Waals surface area (Å²) in [4.78, 5) is 0. The first-order valence-electron chi connectivity index (χ1n) is 2.56. The molecule has 1 heterocycles. The Morgan fingerprint density at radius 3 is 2.57 bits per heavy atom. The fraction of sp³-hybridized carbons (Fsp3) is 1.00. The first kappa shape index (κ1) is 5.39. The van der Waals surface area contributed by atoms with Gasteiger partial charge in [0.25, 0.3) is 0 Å². The largest absolute Gasteiger partial charge is 0.377 e. The van der Waals surface area contributed by atoms with E-state index in [4.69, 9.17) is 16.3 Å². The Balaban J connectivity index is 2.33. The normalized spacial score (nSPS) is 42.0. The summed E-state index contributed by atoms with van der Waals surface area (Å²) in [6.07, 6.45) is 1.30. The Hall–Kier alpha value is 0.250. The summed E-state index contributed by atoms with van der Waals surface area (Å²) in [5.41, 5.74) is 0. The fourth-order valence-electron chi connectivity index (χ4n) is 0.706. The maximum atomic E-state index is 5.74. The summed E-state index contributed by atoms with van der Waals surface area (Å²) in [6.45, 7) is 2.85. The second-order valence-electron chi connectivity index (χ2n) is 1.88. The van der Waals surface area contributed by atoms with Crippen LogP contribution in [0.3, 0.4) is 0 Å². The van der Waals surface area contributed by atoms with Gasteiger partial charge in [0.15, 0.2) is 0 Å². The molecule has 1 aliphatic rings. The van der Waals surface area contributed by atoms with Gasteiger partial charge in [-0.1, -0.05) is 0 Å². The van der Waals surface area contributed by atoms with Gasteiger partial charge in [-0.2, -0.15) is 0 Å². The van der Waals surface area contributed by atoms with Crippen molar-refractivity contribution >= 4 is 11.6 Å². The van der Waals surface area contributed by atoms with Crippen molar-refractivity contribution in [1.82, 2.24) is 0 Å². The van der Waals surface area contributed by atoms with Gasteiger partial charge in [-0.25, -0.2) is 0 Å². The molecule has 0 aromatic rings. The van der Waals surface area contributed by atoms with Crippen LogP contribution in [-0.4, -0.2) is 18.1 Å². The van der Waals surface area contributed by atoms with Crippen LogP contribution in [0, 0.1) is 0 Å². The van der Waals surface area contributed by atoms with E-state index in [0.717, 1.165) is 13.0 Å². The van der Waals surface area contributed by atoms with Crippen molar-refractivity contribution < 1.29 is 4.74 Å². The van der Waals surface area contributed by atoms with Crippen LogP contribution in [0.25, 0.3) is 0 Å². The molecule has 0 spiro atoms. The maximum Gasteiger partial charge on any atom is 0.0711 e. The number of halogens is 1. The summed E-state index contributed by atoms with van der Waals surface area (Å²) in [6, 6.07) is 0. The molecule has 2 atom stereocenters. The van der Waals surface area contributed by atoms with Crippen LogP contribution in [0.1, 0.15) is 13.3 Å². The van der Waals surface area contributed by atoms with E-state index in [1.54, 1.807) is 0 Å². The second-order valence-corrected chi connectivity index (χ2v) is 2.44. The van der Waals surface area contributed by atoms with E-state index in [-0.39, 0.29) is 11.5 Å². The molecule has 0 unspecified atom stereocenters. The molecule has 0 radical (unpaired) electrons. The summed E-state index contributed by atoms with van der Waals surface area (Å²) >= 11 is 5.74. The Bertz CT molecular complexity index is 57.1. The summed E-state index contributed by atoms with van der Waals surface area (Å²) in [5.74, 6) is 0. The van der Waals surface area contributed by atoms with Gasteiger partial charge >= 0.3 is 0 Å². The smallest absolute Gasteiger partial charge is 0.0711 e. The lowest BCUT2D eigenvalue weighted by Crippen LogP contribution is -2.09. The standard InChI is InChI=1S/C5H9ClO/c1-4-5(6)2-3-7-4/h4-5H,2-3H2,1H3/t4-,5-/m1/s1. The van der Waals surface area contributed by atoms with Crippen molar-refractivity contribution in [3.05, 3.63) is 0 Å². The van der Waals surface area contributed by atoms with Crippen molar-refractivity contribution in [3.63, 3.8) is 0 Å². The molecule has 42 valence electrons. The number of alkyl halides is 1. The van der Waals surface area contributed by atoms with Crippen LogP contribution >= 0.6 is 11.6 Å². The minimum absolute atomic E-state index is 0.264. The molecular weight excluding hydrogens is 112 g/mol. The van der Waals surface area contributed by atoms with Crippen molar-refractivity contribution in [2.24, 2.45) is 0 Å². The van der Waals surface area contributed by atoms with Crippen LogP contribution in [0.2, 0.25) is 0 Å². The van der Waals surface area contributed by atoms with E-state index >= 15 is 0 Å². The second kappa shape index (κ2) is 2.01. The molecule has 0 aromatic heterocycles. The molecule has 0 N–H and O–H groups in total.